The number of piperidine rings is 3. The zero-order valence-corrected chi connectivity index (χ0v) is 19.7. The lowest BCUT2D eigenvalue weighted by atomic mass is 9.84. The van der Waals surface area contributed by atoms with Crippen LogP contribution in [0.4, 0.5) is 0 Å². The molecule has 7 rings (SSSR count). The number of hydrogen-bond donors (Lipinski definition) is 0. The van der Waals surface area contributed by atoms with Gasteiger partial charge >= 0.3 is 0 Å². The van der Waals surface area contributed by atoms with Crippen molar-refractivity contribution in [3.05, 3.63) is 48.2 Å². The van der Waals surface area contributed by atoms with E-state index >= 15 is 0 Å². The first-order valence-electron chi connectivity index (χ1n) is 12.0. The molecule has 1 aromatic carbocycles. The minimum Gasteiger partial charge on any atom is -0.304 e. The molecule has 1 atom stereocenters. The van der Waals surface area contributed by atoms with Gasteiger partial charge in [0.1, 0.15) is 5.69 Å². The lowest BCUT2D eigenvalue weighted by Gasteiger charge is -2.44. The van der Waals surface area contributed by atoms with Crippen LogP contribution in [-0.2, 0) is 6.54 Å². The summed E-state index contributed by atoms with van der Waals surface area (Å²) in [5, 5.41) is 9.09. The van der Waals surface area contributed by atoms with E-state index in [0.717, 1.165) is 50.9 Å². The maximum absolute atomic E-state index is 4.55. The van der Waals surface area contributed by atoms with E-state index < -0.39 is 0 Å². The highest BCUT2D eigenvalue weighted by Gasteiger charge is 2.35. The molecule has 2 bridgehead atoms. The number of aromatic nitrogens is 3. The number of rotatable bonds is 5. The van der Waals surface area contributed by atoms with Gasteiger partial charge in [-0.1, -0.05) is 23.4 Å². The van der Waals surface area contributed by atoms with E-state index in [9.17, 15) is 0 Å². The molecular weight excluding hydrogens is 416 g/mol. The molecule has 0 spiro atoms. The second kappa shape index (κ2) is 8.71. The molecule has 32 heavy (non-hydrogen) atoms. The Labute approximate surface area is 194 Å². The van der Waals surface area contributed by atoms with Gasteiger partial charge in [0, 0.05) is 44.1 Å². The summed E-state index contributed by atoms with van der Waals surface area (Å²) in [5.41, 5.74) is 3.71. The minimum absolute atomic E-state index is 0.490. The van der Waals surface area contributed by atoms with Crippen molar-refractivity contribution in [2.75, 3.05) is 52.9 Å². The second-order valence-corrected chi connectivity index (χ2v) is 10.8. The molecule has 0 unspecified atom stereocenters. The van der Waals surface area contributed by atoms with Gasteiger partial charge in [-0.15, -0.1) is 16.4 Å². The smallest absolute Gasteiger partial charge is 0.123 e. The number of benzene rings is 1. The van der Waals surface area contributed by atoms with Crippen LogP contribution in [0, 0.1) is 5.92 Å². The van der Waals surface area contributed by atoms with Crippen molar-refractivity contribution < 1.29 is 0 Å². The van der Waals surface area contributed by atoms with Crippen molar-refractivity contribution in [3.8, 4) is 21.0 Å². The Bertz CT molecular complexity index is 1060. The second-order valence-electron chi connectivity index (χ2n) is 9.73. The molecule has 4 saturated heterocycles. The minimum atomic E-state index is 0.490. The third kappa shape index (κ3) is 4.15. The molecule has 0 aliphatic carbocycles. The standard InChI is InChI=1S/C25H32N6S/c1-28-11-13-30(14-12-28)16-19-3-2-4-21(15-19)24-5-6-25(32-24)22-17-31(27-26-22)23-18-29-9-7-20(23)8-10-29/h2-6,15,17,20,23H,7-14,16,18H2,1H3/t23-/m0/s1. The maximum Gasteiger partial charge on any atom is 0.123 e. The first-order valence-corrected chi connectivity index (χ1v) is 12.8. The Kier molecular flexibility index (Phi) is 5.59. The first-order chi connectivity index (χ1) is 15.7. The average molecular weight is 449 g/mol. The highest BCUT2D eigenvalue weighted by molar-refractivity contribution is 7.18. The summed E-state index contributed by atoms with van der Waals surface area (Å²) in [6.07, 6.45) is 4.77. The van der Waals surface area contributed by atoms with Crippen LogP contribution in [-0.4, -0.2) is 82.6 Å². The summed E-state index contributed by atoms with van der Waals surface area (Å²) in [6, 6.07) is 14.0. The monoisotopic (exact) mass is 448 g/mol. The van der Waals surface area contributed by atoms with E-state index in [1.165, 1.54) is 46.8 Å². The van der Waals surface area contributed by atoms with Crippen molar-refractivity contribution in [2.45, 2.75) is 25.4 Å². The van der Waals surface area contributed by atoms with Crippen LogP contribution in [0.3, 0.4) is 0 Å². The van der Waals surface area contributed by atoms with Crippen LogP contribution in [0.15, 0.2) is 42.6 Å². The van der Waals surface area contributed by atoms with Crippen molar-refractivity contribution in [2.24, 2.45) is 5.92 Å². The van der Waals surface area contributed by atoms with Gasteiger partial charge in [-0.25, -0.2) is 4.68 Å². The fraction of sp³-hybridized carbons (Fsp3) is 0.520. The molecular formula is C25H32N6S. The zero-order valence-electron chi connectivity index (χ0n) is 18.9. The molecule has 3 aromatic rings. The molecule has 168 valence electrons. The number of nitrogens with zero attached hydrogens (tertiary/aromatic N) is 6. The van der Waals surface area contributed by atoms with E-state index in [1.807, 2.05) is 11.3 Å². The van der Waals surface area contributed by atoms with E-state index in [4.69, 9.17) is 0 Å². The van der Waals surface area contributed by atoms with E-state index in [-0.39, 0.29) is 0 Å². The summed E-state index contributed by atoms with van der Waals surface area (Å²) in [4.78, 5) is 10.1. The van der Waals surface area contributed by atoms with Gasteiger partial charge in [0.05, 0.1) is 17.1 Å². The molecule has 4 aliphatic rings. The zero-order chi connectivity index (χ0) is 21.5. The van der Waals surface area contributed by atoms with Gasteiger partial charge in [-0.2, -0.15) is 0 Å². The third-order valence-electron chi connectivity index (χ3n) is 7.54. The predicted molar refractivity (Wildman–Crippen MR) is 130 cm³/mol. The summed E-state index contributed by atoms with van der Waals surface area (Å²) in [7, 11) is 2.21. The van der Waals surface area contributed by atoms with Crippen molar-refractivity contribution in [3.63, 3.8) is 0 Å². The molecule has 6 nitrogen and oxygen atoms in total. The Morgan fingerprint density at radius 2 is 1.78 bits per heavy atom. The van der Waals surface area contributed by atoms with Crippen molar-refractivity contribution in [1.82, 2.24) is 29.7 Å². The first kappa shape index (κ1) is 20.5. The van der Waals surface area contributed by atoms with E-state index in [2.05, 4.69) is 79.3 Å². The molecule has 4 aliphatic heterocycles. The largest absolute Gasteiger partial charge is 0.304 e. The molecule has 4 fully saturated rings. The van der Waals surface area contributed by atoms with Gasteiger partial charge in [0.15, 0.2) is 0 Å². The molecule has 0 N–H and O–H groups in total. The molecule has 0 saturated carbocycles. The highest BCUT2D eigenvalue weighted by Crippen LogP contribution is 2.37. The topological polar surface area (TPSA) is 40.4 Å². The summed E-state index contributed by atoms with van der Waals surface area (Å²) in [5.74, 6) is 0.761. The Morgan fingerprint density at radius 3 is 2.56 bits per heavy atom. The Balaban J connectivity index is 1.17. The van der Waals surface area contributed by atoms with Crippen LogP contribution in [0.25, 0.3) is 21.0 Å². The SMILES string of the molecule is CN1CCN(Cc2cccc(-c3ccc(-c4cn([C@H]5CN6CCC5CC6)nn4)s3)c2)CC1. The summed E-state index contributed by atoms with van der Waals surface area (Å²) >= 11 is 1.82. The number of piperazine rings is 1. The van der Waals surface area contributed by atoms with Crippen LogP contribution >= 0.6 is 11.3 Å². The molecule has 0 amide bonds. The number of hydrogen-bond acceptors (Lipinski definition) is 6. The average Bonchev–Trinajstić information content (AvgIpc) is 3.52. The van der Waals surface area contributed by atoms with E-state index in [0.29, 0.717) is 6.04 Å². The van der Waals surface area contributed by atoms with E-state index in [1.54, 1.807) is 0 Å². The van der Waals surface area contributed by atoms with Gasteiger partial charge in [-0.3, -0.25) is 4.90 Å². The normalized spacial score (nSPS) is 26.6. The van der Waals surface area contributed by atoms with Crippen LogP contribution in [0.1, 0.15) is 24.4 Å². The number of fused-ring (bicyclic) bond motifs is 3. The van der Waals surface area contributed by atoms with Crippen LogP contribution < -0.4 is 0 Å². The van der Waals surface area contributed by atoms with Gasteiger partial charge < -0.3 is 9.80 Å². The summed E-state index contributed by atoms with van der Waals surface area (Å²) in [6.45, 7) is 9.30. The maximum atomic E-state index is 4.55. The summed E-state index contributed by atoms with van der Waals surface area (Å²) < 4.78 is 2.14. The number of likely N-dealkylation sites (N-methyl/N-ethyl adjacent to an activating group) is 1. The lowest BCUT2D eigenvalue weighted by Crippen LogP contribution is -2.48. The number of thiophene rings is 1. The quantitative estimate of drug-likeness (QED) is 0.595. The van der Waals surface area contributed by atoms with Gasteiger partial charge in [0.2, 0.25) is 0 Å². The highest BCUT2D eigenvalue weighted by atomic mass is 32.1. The van der Waals surface area contributed by atoms with Crippen LogP contribution in [0.2, 0.25) is 0 Å². The fourth-order valence-electron chi connectivity index (χ4n) is 5.50. The predicted octanol–water partition coefficient (Wildman–Crippen LogP) is 3.69. The molecule has 2 aromatic heterocycles. The third-order valence-corrected chi connectivity index (χ3v) is 8.70. The molecule has 0 radical (unpaired) electrons. The molecule has 7 heteroatoms. The Hall–Kier alpha value is -2.06. The van der Waals surface area contributed by atoms with Crippen molar-refractivity contribution >= 4 is 11.3 Å². The van der Waals surface area contributed by atoms with Gasteiger partial charge in [0.25, 0.3) is 0 Å². The fourth-order valence-corrected chi connectivity index (χ4v) is 6.46. The van der Waals surface area contributed by atoms with Gasteiger partial charge in [-0.05, 0) is 68.2 Å². The molecule has 6 heterocycles. The van der Waals surface area contributed by atoms with Crippen LogP contribution in [0.5, 0.6) is 0 Å². The van der Waals surface area contributed by atoms with Crippen molar-refractivity contribution in [1.29, 1.82) is 0 Å². The lowest BCUT2D eigenvalue weighted by molar-refractivity contribution is 0.0504. The Morgan fingerprint density at radius 1 is 0.969 bits per heavy atom.